The first kappa shape index (κ1) is 15.6. The summed E-state index contributed by atoms with van der Waals surface area (Å²) in [6, 6.07) is 23.8. The summed E-state index contributed by atoms with van der Waals surface area (Å²) in [6.45, 7) is 0. The van der Waals surface area contributed by atoms with Crippen LogP contribution in [0.4, 0.5) is 17.1 Å². The molecule has 1 spiro atoms. The van der Waals surface area contributed by atoms with Gasteiger partial charge in [0.1, 0.15) is 0 Å². The van der Waals surface area contributed by atoms with Crippen LogP contribution in [0.5, 0.6) is 0 Å². The van der Waals surface area contributed by atoms with Gasteiger partial charge in [-0.05, 0) is 114 Å². The molecule has 4 bridgehead atoms. The molecule has 0 amide bonds. The van der Waals surface area contributed by atoms with Gasteiger partial charge in [-0.2, -0.15) is 0 Å². The number of fused-ring (bicyclic) bond motifs is 3. The fraction of sp³-hybridized carbons (Fsp3) is 0.294. The number of benzene rings is 4. The standard InChI is InChI=1S/C34H31N/c1-3-9-27(10-4-1)35(28-11-5-2-6-12-28)29-15-16-33-31(22-29)30-13-7-8-14-32(30)34(33)25-18-23-17-24(20-25)21-26(34)19-23/h1-16,22-26H,17-21H2/i1D,3D,4D,9D,10D. The van der Waals surface area contributed by atoms with E-state index in [4.69, 9.17) is 6.85 Å². The molecule has 4 aromatic rings. The second-order valence-corrected chi connectivity index (χ2v) is 11.1. The van der Waals surface area contributed by atoms with Gasteiger partial charge in [0.05, 0.1) is 6.85 Å². The minimum Gasteiger partial charge on any atom is -0.310 e. The smallest absolute Gasteiger partial charge is 0.0645 e. The number of rotatable bonds is 3. The quantitative estimate of drug-likeness (QED) is 0.296. The third-order valence-electron chi connectivity index (χ3n) is 9.52. The molecular formula is C34H31N. The first-order valence-electron chi connectivity index (χ1n) is 15.6. The SMILES string of the molecule is [2H]c1c([2H])c([2H])c(N(c2ccccc2)c2ccc3c(c2)-c2ccccc2C32C3CC4CC(C3)CC2C4)c([2H])c1[2H]. The summed E-state index contributed by atoms with van der Waals surface area (Å²) in [4.78, 5) is 1.84. The van der Waals surface area contributed by atoms with Crippen molar-refractivity contribution in [3.05, 3.63) is 114 Å². The van der Waals surface area contributed by atoms with Gasteiger partial charge in [-0.15, -0.1) is 0 Å². The predicted molar refractivity (Wildman–Crippen MR) is 144 cm³/mol. The lowest BCUT2D eigenvalue weighted by Gasteiger charge is -2.61. The maximum absolute atomic E-state index is 8.78. The molecular weight excluding hydrogens is 422 g/mol. The van der Waals surface area contributed by atoms with Crippen LogP contribution in [-0.2, 0) is 5.41 Å². The Bertz CT molecular complexity index is 1620. The second kappa shape index (κ2) is 7.34. The minimum absolute atomic E-state index is 0.0617. The van der Waals surface area contributed by atoms with E-state index < -0.39 is 0 Å². The summed E-state index contributed by atoms with van der Waals surface area (Å²) in [5.41, 5.74) is 7.23. The zero-order valence-corrected chi connectivity index (χ0v) is 19.7. The Balaban J connectivity index is 1.36. The third kappa shape index (κ3) is 2.70. The first-order valence-corrected chi connectivity index (χ1v) is 13.1. The highest BCUT2D eigenvalue weighted by molar-refractivity contribution is 5.87. The van der Waals surface area contributed by atoms with Gasteiger partial charge < -0.3 is 4.90 Å². The fourth-order valence-corrected chi connectivity index (χ4v) is 8.63. The summed E-state index contributed by atoms with van der Waals surface area (Å²) in [5, 5.41) is 0. The fourth-order valence-electron chi connectivity index (χ4n) is 8.63. The lowest BCUT2D eigenvalue weighted by atomic mass is 9.43. The molecule has 4 aromatic carbocycles. The molecule has 4 fully saturated rings. The van der Waals surface area contributed by atoms with E-state index in [1.54, 1.807) is 0 Å². The lowest BCUT2D eigenvalue weighted by molar-refractivity contribution is -0.0399. The molecule has 0 atom stereocenters. The van der Waals surface area contributed by atoms with E-state index in [-0.39, 0.29) is 41.3 Å². The van der Waals surface area contributed by atoms with Crippen molar-refractivity contribution >= 4 is 17.1 Å². The Morgan fingerprint density at radius 3 is 2.00 bits per heavy atom. The highest BCUT2D eigenvalue weighted by Gasteiger charge is 2.61. The van der Waals surface area contributed by atoms with Crippen LogP contribution >= 0.6 is 0 Å². The van der Waals surface area contributed by atoms with Crippen molar-refractivity contribution in [3.63, 3.8) is 0 Å². The van der Waals surface area contributed by atoms with E-state index in [0.717, 1.165) is 23.2 Å². The molecule has 0 unspecified atom stereocenters. The number of para-hydroxylation sites is 2. The number of hydrogen-bond donors (Lipinski definition) is 0. The van der Waals surface area contributed by atoms with Gasteiger partial charge in [-0.25, -0.2) is 0 Å². The van der Waals surface area contributed by atoms with Crippen molar-refractivity contribution in [2.24, 2.45) is 23.7 Å². The Labute approximate surface area is 215 Å². The van der Waals surface area contributed by atoms with Crippen molar-refractivity contribution in [1.29, 1.82) is 0 Å². The number of nitrogens with zero attached hydrogens (tertiary/aromatic N) is 1. The van der Waals surface area contributed by atoms with Gasteiger partial charge in [0.15, 0.2) is 0 Å². The monoisotopic (exact) mass is 458 g/mol. The molecule has 0 N–H and O–H groups in total. The summed E-state index contributed by atoms with van der Waals surface area (Å²) in [7, 11) is 0. The highest BCUT2D eigenvalue weighted by Crippen LogP contribution is 2.69. The lowest BCUT2D eigenvalue weighted by Crippen LogP contribution is -2.55. The molecule has 172 valence electrons. The Kier molecular flexibility index (Phi) is 3.28. The summed E-state index contributed by atoms with van der Waals surface area (Å²) >= 11 is 0. The third-order valence-corrected chi connectivity index (χ3v) is 9.52. The Hall–Kier alpha value is -3.32. The van der Waals surface area contributed by atoms with Crippen LogP contribution in [0.2, 0.25) is 0 Å². The van der Waals surface area contributed by atoms with Crippen molar-refractivity contribution in [1.82, 2.24) is 0 Å². The molecule has 9 rings (SSSR count). The molecule has 4 saturated carbocycles. The van der Waals surface area contributed by atoms with Crippen LogP contribution in [0.1, 0.15) is 50.1 Å². The molecule has 0 heterocycles. The van der Waals surface area contributed by atoms with Crippen molar-refractivity contribution in [3.8, 4) is 11.1 Å². The molecule has 1 nitrogen and oxygen atoms in total. The van der Waals surface area contributed by atoms with Gasteiger partial charge in [-0.1, -0.05) is 66.7 Å². The maximum atomic E-state index is 8.78. The predicted octanol–water partition coefficient (Wildman–Crippen LogP) is 8.88. The normalized spacial score (nSPS) is 31.3. The van der Waals surface area contributed by atoms with Crippen molar-refractivity contribution in [2.75, 3.05) is 4.90 Å². The van der Waals surface area contributed by atoms with Gasteiger partial charge in [0.25, 0.3) is 0 Å². The summed E-state index contributed by atoms with van der Waals surface area (Å²) < 4.78 is 42.4. The Morgan fingerprint density at radius 2 is 1.26 bits per heavy atom. The molecule has 0 saturated heterocycles. The topological polar surface area (TPSA) is 3.24 Å². The molecule has 5 aliphatic rings. The van der Waals surface area contributed by atoms with Crippen molar-refractivity contribution < 1.29 is 6.85 Å². The van der Waals surface area contributed by atoms with Crippen LogP contribution in [0.25, 0.3) is 11.1 Å². The van der Waals surface area contributed by atoms with Gasteiger partial charge >= 0.3 is 0 Å². The molecule has 0 radical (unpaired) electrons. The molecule has 1 heteroatoms. The van der Waals surface area contributed by atoms with Crippen LogP contribution < -0.4 is 4.90 Å². The van der Waals surface area contributed by atoms with Crippen molar-refractivity contribution in [2.45, 2.75) is 37.5 Å². The van der Waals surface area contributed by atoms with Crippen LogP contribution in [0, 0.1) is 23.7 Å². The van der Waals surface area contributed by atoms with Crippen LogP contribution in [0.15, 0.2) is 103 Å². The van der Waals surface area contributed by atoms with Gasteiger partial charge in [-0.3, -0.25) is 0 Å². The first-order chi connectivity index (χ1) is 19.4. The molecule has 0 aliphatic heterocycles. The maximum Gasteiger partial charge on any atom is 0.0645 e. The minimum atomic E-state index is -0.376. The molecule has 35 heavy (non-hydrogen) atoms. The average molecular weight is 459 g/mol. The Morgan fingerprint density at radius 1 is 0.600 bits per heavy atom. The van der Waals surface area contributed by atoms with E-state index in [9.17, 15) is 0 Å². The van der Waals surface area contributed by atoms with E-state index in [0.29, 0.717) is 11.8 Å². The zero-order chi connectivity index (χ0) is 27.3. The molecule has 0 aromatic heterocycles. The van der Waals surface area contributed by atoms with E-state index in [1.807, 2.05) is 35.2 Å². The van der Waals surface area contributed by atoms with E-state index in [2.05, 4.69) is 42.5 Å². The average Bonchev–Trinajstić information content (AvgIpc) is 3.26. The van der Waals surface area contributed by atoms with Crippen LogP contribution in [0.3, 0.4) is 0 Å². The molecule has 5 aliphatic carbocycles. The highest BCUT2D eigenvalue weighted by atomic mass is 15.1. The van der Waals surface area contributed by atoms with Crippen LogP contribution in [-0.4, -0.2) is 0 Å². The van der Waals surface area contributed by atoms with Gasteiger partial charge in [0.2, 0.25) is 0 Å². The second-order valence-electron chi connectivity index (χ2n) is 11.1. The largest absolute Gasteiger partial charge is 0.310 e. The van der Waals surface area contributed by atoms with Gasteiger partial charge in [0, 0.05) is 22.5 Å². The number of anilines is 3. The summed E-state index contributed by atoms with van der Waals surface area (Å²) in [5.74, 6) is 3.09. The van der Waals surface area contributed by atoms with E-state index >= 15 is 0 Å². The van der Waals surface area contributed by atoms with E-state index in [1.165, 1.54) is 54.4 Å². The zero-order valence-electron chi connectivity index (χ0n) is 24.7. The summed E-state index contributed by atoms with van der Waals surface area (Å²) in [6.07, 6.45) is 6.70. The number of hydrogen-bond acceptors (Lipinski definition) is 1.